The fraction of sp³-hybridized carbons (Fsp3) is 0.0909. The van der Waals surface area contributed by atoms with Gasteiger partial charge in [-0.1, -0.05) is 36.4 Å². The summed E-state index contributed by atoms with van der Waals surface area (Å²) in [5, 5.41) is 2.95. The second-order valence-electron chi connectivity index (χ2n) is 6.18. The van der Waals surface area contributed by atoms with Gasteiger partial charge in [0.2, 0.25) is 0 Å². The summed E-state index contributed by atoms with van der Waals surface area (Å²) in [6.07, 6.45) is 0. The van der Waals surface area contributed by atoms with Crippen LogP contribution in [0.3, 0.4) is 0 Å². The monoisotopic (exact) mass is 344 g/mol. The van der Waals surface area contributed by atoms with Crippen LogP contribution in [-0.4, -0.2) is 12.4 Å². The van der Waals surface area contributed by atoms with Crippen LogP contribution in [0.4, 0.5) is 0 Å². The molecule has 128 valence electrons. The average molecular weight is 344 g/mol. The van der Waals surface area contributed by atoms with E-state index >= 15 is 0 Å². The van der Waals surface area contributed by atoms with E-state index < -0.39 is 5.63 Å². The first-order valence-corrected chi connectivity index (χ1v) is 8.29. The molecule has 0 bridgehead atoms. The summed E-state index contributed by atoms with van der Waals surface area (Å²) >= 11 is 0. The number of hydrogen-bond acceptors (Lipinski definition) is 4. The maximum Gasteiger partial charge on any atom is 0.336 e. The predicted molar refractivity (Wildman–Crippen MR) is 101 cm³/mol. The van der Waals surface area contributed by atoms with E-state index in [0.29, 0.717) is 16.9 Å². The highest BCUT2D eigenvalue weighted by molar-refractivity contribution is 6.00. The number of ether oxygens (including phenoxy) is 1. The van der Waals surface area contributed by atoms with E-state index in [2.05, 4.69) is 0 Å². The van der Waals surface area contributed by atoms with Gasteiger partial charge < -0.3 is 9.15 Å². The van der Waals surface area contributed by atoms with Crippen molar-refractivity contribution >= 4 is 27.5 Å². The zero-order chi connectivity index (χ0) is 18.1. The lowest BCUT2D eigenvalue weighted by Crippen LogP contribution is -2.11. The van der Waals surface area contributed by atoms with Crippen molar-refractivity contribution in [2.75, 3.05) is 6.61 Å². The van der Waals surface area contributed by atoms with E-state index in [1.165, 1.54) is 6.07 Å². The number of benzene rings is 3. The predicted octanol–water partition coefficient (Wildman–Crippen LogP) is 4.52. The number of aryl methyl sites for hydroxylation is 1. The quantitative estimate of drug-likeness (QED) is 0.403. The minimum absolute atomic E-state index is 0.0834. The molecule has 0 amide bonds. The van der Waals surface area contributed by atoms with Crippen molar-refractivity contribution in [3.8, 4) is 5.75 Å². The highest BCUT2D eigenvalue weighted by atomic mass is 16.5. The zero-order valence-electron chi connectivity index (χ0n) is 14.2. The van der Waals surface area contributed by atoms with Gasteiger partial charge >= 0.3 is 5.63 Å². The van der Waals surface area contributed by atoms with Crippen LogP contribution < -0.4 is 10.4 Å². The lowest BCUT2D eigenvalue weighted by molar-refractivity contribution is 0.0921. The largest absolute Gasteiger partial charge is 0.485 e. The van der Waals surface area contributed by atoms with Gasteiger partial charge in [-0.3, -0.25) is 4.79 Å². The van der Waals surface area contributed by atoms with Gasteiger partial charge in [0.05, 0.1) is 0 Å². The van der Waals surface area contributed by atoms with Crippen LogP contribution in [0.25, 0.3) is 21.7 Å². The SMILES string of the molecule is Cc1cc(=O)oc2cc(OCC(=O)c3ccc4ccccc4c3)ccc12. The van der Waals surface area contributed by atoms with Crippen molar-refractivity contribution in [3.05, 3.63) is 88.3 Å². The Bertz CT molecular complexity index is 1190. The number of carbonyl (C=O) groups excluding carboxylic acids is 1. The van der Waals surface area contributed by atoms with E-state index in [0.717, 1.165) is 21.7 Å². The molecule has 0 aliphatic carbocycles. The number of rotatable bonds is 4. The number of ketones is 1. The van der Waals surface area contributed by atoms with Crippen molar-refractivity contribution in [2.24, 2.45) is 0 Å². The van der Waals surface area contributed by atoms with Gasteiger partial charge in [0.15, 0.2) is 12.4 Å². The summed E-state index contributed by atoms with van der Waals surface area (Å²) in [4.78, 5) is 23.9. The summed E-state index contributed by atoms with van der Waals surface area (Å²) in [6.45, 7) is 1.77. The second kappa shape index (κ2) is 6.48. The fourth-order valence-corrected chi connectivity index (χ4v) is 2.99. The summed E-state index contributed by atoms with van der Waals surface area (Å²) in [6, 6.07) is 20.2. The summed E-state index contributed by atoms with van der Waals surface area (Å²) in [5.41, 5.74) is 1.49. The standard InChI is InChI=1S/C22H16O4/c1-14-10-22(24)26-21-12-18(8-9-19(14)21)25-13-20(23)17-7-6-15-4-2-3-5-16(15)11-17/h2-12H,13H2,1H3. The van der Waals surface area contributed by atoms with Crippen LogP contribution in [0, 0.1) is 6.92 Å². The van der Waals surface area contributed by atoms with E-state index in [1.54, 1.807) is 18.2 Å². The number of hydrogen-bond donors (Lipinski definition) is 0. The van der Waals surface area contributed by atoms with Crippen molar-refractivity contribution in [1.29, 1.82) is 0 Å². The Morgan fingerprint density at radius 3 is 2.62 bits per heavy atom. The number of fused-ring (bicyclic) bond motifs is 2. The van der Waals surface area contributed by atoms with Gasteiger partial charge in [0.25, 0.3) is 0 Å². The van der Waals surface area contributed by atoms with Crippen molar-refractivity contribution in [3.63, 3.8) is 0 Å². The Labute approximate surface area is 149 Å². The molecule has 0 fully saturated rings. The molecular weight excluding hydrogens is 328 g/mol. The van der Waals surface area contributed by atoms with Gasteiger partial charge in [-0.15, -0.1) is 0 Å². The van der Waals surface area contributed by atoms with Crippen molar-refractivity contribution < 1.29 is 13.9 Å². The summed E-state index contributed by atoms with van der Waals surface area (Å²) < 4.78 is 10.8. The molecular formula is C22H16O4. The molecule has 1 heterocycles. The molecule has 26 heavy (non-hydrogen) atoms. The topological polar surface area (TPSA) is 56.5 Å². The molecule has 0 aliphatic heterocycles. The van der Waals surface area contributed by atoms with E-state index in [-0.39, 0.29) is 12.4 Å². The highest BCUT2D eigenvalue weighted by Crippen LogP contribution is 2.22. The smallest absolute Gasteiger partial charge is 0.336 e. The first-order valence-electron chi connectivity index (χ1n) is 8.29. The highest BCUT2D eigenvalue weighted by Gasteiger charge is 2.09. The molecule has 4 heteroatoms. The Morgan fingerprint density at radius 2 is 1.77 bits per heavy atom. The van der Waals surface area contributed by atoms with E-state index in [4.69, 9.17) is 9.15 Å². The molecule has 4 rings (SSSR count). The molecule has 0 saturated carbocycles. The third-order valence-electron chi connectivity index (χ3n) is 4.36. The van der Waals surface area contributed by atoms with Crippen LogP contribution >= 0.6 is 0 Å². The average Bonchev–Trinajstić information content (AvgIpc) is 2.65. The Morgan fingerprint density at radius 1 is 0.962 bits per heavy atom. The Balaban J connectivity index is 1.55. The van der Waals surface area contributed by atoms with Crippen LogP contribution in [0.5, 0.6) is 5.75 Å². The molecule has 1 aromatic heterocycles. The first-order chi connectivity index (χ1) is 12.6. The maximum atomic E-state index is 12.4. The van der Waals surface area contributed by atoms with Crippen LogP contribution in [-0.2, 0) is 0 Å². The van der Waals surface area contributed by atoms with Gasteiger partial charge in [-0.05, 0) is 41.5 Å². The molecule has 0 spiro atoms. The van der Waals surface area contributed by atoms with Crippen LogP contribution in [0.1, 0.15) is 15.9 Å². The minimum atomic E-state index is -0.403. The molecule has 0 saturated heterocycles. The van der Waals surface area contributed by atoms with E-state index in [1.807, 2.05) is 49.4 Å². The van der Waals surface area contributed by atoms with Gasteiger partial charge in [0.1, 0.15) is 11.3 Å². The minimum Gasteiger partial charge on any atom is -0.485 e. The zero-order valence-corrected chi connectivity index (χ0v) is 14.2. The molecule has 0 aliphatic rings. The Hall–Kier alpha value is -3.40. The molecule has 0 atom stereocenters. The fourth-order valence-electron chi connectivity index (χ4n) is 2.99. The maximum absolute atomic E-state index is 12.4. The molecule has 0 unspecified atom stereocenters. The lowest BCUT2D eigenvalue weighted by atomic mass is 10.0. The van der Waals surface area contributed by atoms with Crippen LogP contribution in [0.2, 0.25) is 0 Å². The molecule has 0 N–H and O–H groups in total. The third-order valence-corrected chi connectivity index (χ3v) is 4.36. The lowest BCUT2D eigenvalue weighted by Gasteiger charge is -2.08. The van der Waals surface area contributed by atoms with Crippen molar-refractivity contribution in [1.82, 2.24) is 0 Å². The first kappa shape index (κ1) is 16.1. The summed E-state index contributed by atoms with van der Waals surface area (Å²) in [5.74, 6) is 0.377. The second-order valence-corrected chi connectivity index (χ2v) is 6.18. The number of Topliss-reactive ketones (excluding diaryl/α,β-unsaturated/α-hetero) is 1. The normalized spacial score (nSPS) is 11.0. The summed E-state index contributed by atoms with van der Waals surface area (Å²) in [7, 11) is 0. The van der Waals surface area contributed by atoms with Gasteiger partial charge in [0, 0.05) is 23.1 Å². The van der Waals surface area contributed by atoms with E-state index in [9.17, 15) is 9.59 Å². The molecule has 0 radical (unpaired) electrons. The molecule has 4 aromatic rings. The van der Waals surface area contributed by atoms with Crippen molar-refractivity contribution in [2.45, 2.75) is 6.92 Å². The Kier molecular flexibility index (Phi) is 4.01. The van der Waals surface area contributed by atoms with Gasteiger partial charge in [-0.25, -0.2) is 4.79 Å². The number of carbonyl (C=O) groups is 1. The molecule has 3 aromatic carbocycles. The molecule has 4 nitrogen and oxygen atoms in total. The third kappa shape index (κ3) is 3.09. The van der Waals surface area contributed by atoms with Gasteiger partial charge in [-0.2, -0.15) is 0 Å². The van der Waals surface area contributed by atoms with Crippen LogP contribution in [0.15, 0.2) is 75.9 Å².